The summed E-state index contributed by atoms with van der Waals surface area (Å²) in [5.41, 5.74) is 2.12. The summed E-state index contributed by atoms with van der Waals surface area (Å²) in [4.78, 5) is 13.9. The van der Waals surface area contributed by atoms with Crippen molar-refractivity contribution in [3.63, 3.8) is 0 Å². The van der Waals surface area contributed by atoms with Crippen LogP contribution in [0.4, 0.5) is 5.95 Å². The minimum Gasteiger partial charge on any atom is -0.339 e. The third kappa shape index (κ3) is 2.85. The molecule has 24 heavy (non-hydrogen) atoms. The zero-order valence-electron chi connectivity index (χ0n) is 14.2. The fourth-order valence-corrected chi connectivity index (χ4v) is 3.36. The van der Waals surface area contributed by atoms with Gasteiger partial charge >= 0.3 is 0 Å². The van der Waals surface area contributed by atoms with Gasteiger partial charge in [0.05, 0.1) is 5.69 Å². The van der Waals surface area contributed by atoms with Crippen LogP contribution in [0.3, 0.4) is 0 Å². The van der Waals surface area contributed by atoms with Crippen LogP contribution in [0.25, 0.3) is 22.0 Å². The molecule has 122 valence electrons. The Bertz CT molecular complexity index is 859. The molecule has 0 aliphatic carbocycles. The van der Waals surface area contributed by atoms with Crippen LogP contribution >= 0.6 is 0 Å². The Kier molecular flexibility index (Phi) is 3.90. The molecule has 1 aliphatic rings. The second kappa shape index (κ2) is 6.21. The number of aromatic nitrogens is 2. The number of anilines is 1. The average Bonchev–Trinajstić information content (AvgIpc) is 3.12. The molecule has 1 aromatic heterocycles. The molecule has 1 aliphatic heterocycles. The van der Waals surface area contributed by atoms with E-state index in [9.17, 15) is 0 Å². The fraction of sp³-hybridized carbons (Fsp3) is 0.300. The van der Waals surface area contributed by atoms with E-state index in [4.69, 9.17) is 4.98 Å². The van der Waals surface area contributed by atoms with Gasteiger partial charge in [0.25, 0.3) is 0 Å². The highest BCUT2D eigenvalue weighted by Gasteiger charge is 2.25. The highest BCUT2D eigenvalue weighted by atomic mass is 15.3. The monoisotopic (exact) mass is 318 g/mol. The van der Waals surface area contributed by atoms with Crippen LogP contribution in [0.2, 0.25) is 0 Å². The van der Waals surface area contributed by atoms with Crippen LogP contribution in [0.15, 0.2) is 54.7 Å². The van der Waals surface area contributed by atoms with Gasteiger partial charge in [-0.15, -0.1) is 0 Å². The molecule has 1 fully saturated rings. The van der Waals surface area contributed by atoms with Crippen molar-refractivity contribution in [2.24, 2.45) is 0 Å². The van der Waals surface area contributed by atoms with Gasteiger partial charge in [-0.2, -0.15) is 0 Å². The molecule has 4 heteroatoms. The Morgan fingerprint density at radius 2 is 1.88 bits per heavy atom. The summed E-state index contributed by atoms with van der Waals surface area (Å²) in [6.07, 6.45) is 3.03. The molecule has 1 atom stereocenters. The summed E-state index contributed by atoms with van der Waals surface area (Å²) >= 11 is 0. The standard InChI is InChI=1S/C20H22N4/c1-23(2)18-10-12-24(14-18)20-21-11-9-19(22-20)17-8-7-15-5-3-4-6-16(15)13-17/h3-9,11,13,18H,10,12,14H2,1-2H3. The van der Waals surface area contributed by atoms with Crippen molar-refractivity contribution in [2.45, 2.75) is 12.5 Å². The molecule has 2 heterocycles. The van der Waals surface area contributed by atoms with Crippen molar-refractivity contribution in [3.8, 4) is 11.3 Å². The maximum absolute atomic E-state index is 4.82. The van der Waals surface area contributed by atoms with Gasteiger partial charge in [0.15, 0.2) is 0 Å². The Labute approximate surface area is 142 Å². The van der Waals surface area contributed by atoms with Gasteiger partial charge in [-0.05, 0) is 43.4 Å². The number of likely N-dealkylation sites (N-methyl/N-ethyl adjacent to an activating group) is 1. The molecule has 0 saturated carbocycles. The summed E-state index contributed by atoms with van der Waals surface area (Å²) in [7, 11) is 4.28. The van der Waals surface area contributed by atoms with E-state index in [0.29, 0.717) is 6.04 Å². The molecule has 1 saturated heterocycles. The lowest BCUT2D eigenvalue weighted by Crippen LogP contribution is -2.32. The van der Waals surface area contributed by atoms with Gasteiger partial charge in [-0.25, -0.2) is 9.97 Å². The van der Waals surface area contributed by atoms with Gasteiger partial charge in [0.2, 0.25) is 5.95 Å². The first kappa shape index (κ1) is 15.1. The maximum atomic E-state index is 4.82. The highest BCUT2D eigenvalue weighted by molar-refractivity contribution is 5.86. The first-order valence-electron chi connectivity index (χ1n) is 8.44. The molecule has 0 spiro atoms. The van der Waals surface area contributed by atoms with Crippen LogP contribution in [0, 0.1) is 0 Å². The number of hydrogen-bond acceptors (Lipinski definition) is 4. The topological polar surface area (TPSA) is 32.3 Å². The molecule has 0 radical (unpaired) electrons. The van der Waals surface area contributed by atoms with E-state index in [-0.39, 0.29) is 0 Å². The minimum absolute atomic E-state index is 0.581. The Morgan fingerprint density at radius 3 is 2.67 bits per heavy atom. The molecule has 0 amide bonds. The molecule has 1 unspecified atom stereocenters. The van der Waals surface area contributed by atoms with Crippen molar-refractivity contribution in [1.29, 1.82) is 0 Å². The summed E-state index contributed by atoms with van der Waals surface area (Å²) in [5.74, 6) is 0.838. The Balaban J connectivity index is 1.64. The quantitative estimate of drug-likeness (QED) is 0.740. The second-order valence-electron chi connectivity index (χ2n) is 6.66. The van der Waals surface area contributed by atoms with Crippen LogP contribution in [-0.2, 0) is 0 Å². The van der Waals surface area contributed by atoms with Crippen LogP contribution in [0.1, 0.15) is 6.42 Å². The van der Waals surface area contributed by atoms with Crippen molar-refractivity contribution in [3.05, 3.63) is 54.7 Å². The van der Waals surface area contributed by atoms with Gasteiger partial charge in [0, 0.05) is 30.9 Å². The number of hydrogen-bond donors (Lipinski definition) is 0. The zero-order chi connectivity index (χ0) is 16.5. The summed E-state index contributed by atoms with van der Waals surface area (Å²) in [6.45, 7) is 2.01. The summed E-state index contributed by atoms with van der Waals surface area (Å²) < 4.78 is 0. The van der Waals surface area contributed by atoms with Crippen molar-refractivity contribution >= 4 is 16.7 Å². The summed E-state index contributed by atoms with van der Waals surface area (Å²) in [5, 5.41) is 2.49. The second-order valence-corrected chi connectivity index (χ2v) is 6.66. The number of benzene rings is 2. The molecule has 3 aromatic rings. The van der Waals surface area contributed by atoms with Crippen molar-refractivity contribution in [1.82, 2.24) is 14.9 Å². The van der Waals surface area contributed by atoms with E-state index in [1.807, 2.05) is 12.3 Å². The SMILES string of the molecule is CN(C)C1CCN(c2nccc(-c3ccc4ccccc4c3)n2)C1. The van der Waals surface area contributed by atoms with E-state index in [1.54, 1.807) is 0 Å². The van der Waals surface area contributed by atoms with E-state index in [0.717, 1.165) is 36.7 Å². The summed E-state index contributed by atoms with van der Waals surface area (Å²) in [6, 6.07) is 17.5. The van der Waals surface area contributed by atoms with Crippen LogP contribution in [0.5, 0.6) is 0 Å². The molecule has 0 bridgehead atoms. The van der Waals surface area contributed by atoms with Crippen molar-refractivity contribution < 1.29 is 0 Å². The number of nitrogens with zero attached hydrogens (tertiary/aromatic N) is 4. The van der Waals surface area contributed by atoms with Crippen molar-refractivity contribution in [2.75, 3.05) is 32.1 Å². The number of rotatable bonds is 3. The maximum Gasteiger partial charge on any atom is 0.225 e. The highest BCUT2D eigenvalue weighted by Crippen LogP contribution is 2.25. The molecule has 2 aromatic carbocycles. The van der Waals surface area contributed by atoms with Gasteiger partial charge in [-0.3, -0.25) is 0 Å². The zero-order valence-corrected chi connectivity index (χ0v) is 14.2. The van der Waals surface area contributed by atoms with Gasteiger partial charge in [0.1, 0.15) is 0 Å². The van der Waals surface area contributed by atoms with E-state index < -0.39 is 0 Å². The molecular weight excluding hydrogens is 296 g/mol. The molecular formula is C20H22N4. The predicted octanol–water partition coefficient (Wildman–Crippen LogP) is 3.44. The molecule has 0 N–H and O–H groups in total. The lowest BCUT2D eigenvalue weighted by Gasteiger charge is -2.20. The fourth-order valence-electron chi connectivity index (χ4n) is 3.36. The average molecular weight is 318 g/mol. The van der Waals surface area contributed by atoms with Crippen LogP contribution in [-0.4, -0.2) is 48.1 Å². The van der Waals surface area contributed by atoms with Gasteiger partial charge in [-0.1, -0.05) is 36.4 Å². The lowest BCUT2D eigenvalue weighted by molar-refractivity contribution is 0.315. The third-order valence-electron chi connectivity index (χ3n) is 4.86. The predicted molar refractivity (Wildman–Crippen MR) is 99.3 cm³/mol. The normalized spacial score (nSPS) is 17.8. The molecule has 4 nitrogen and oxygen atoms in total. The Hall–Kier alpha value is -2.46. The molecule has 4 rings (SSSR count). The third-order valence-corrected chi connectivity index (χ3v) is 4.86. The lowest BCUT2D eigenvalue weighted by atomic mass is 10.1. The largest absolute Gasteiger partial charge is 0.339 e. The first-order chi connectivity index (χ1) is 11.7. The van der Waals surface area contributed by atoms with E-state index >= 15 is 0 Å². The number of fused-ring (bicyclic) bond motifs is 1. The Morgan fingerprint density at radius 1 is 1.04 bits per heavy atom. The van der Waals surface area contributed by atoms with Gasteiger partial charge < -0.3 is 9.80 Å². The van der Waals surface area contributed by atoms with Crippen LogP contribution < -0.4 is 4.90 Å². The smallest absolute Gasteiger partial charge is 0.225 e. The van der Waals surface area contributed by atoms with E-state index in [1.165, 1.54) is 10.8 Å². The first-order valence-corrected chi connectivity index (χ1v) is 8.44. The van der Waals surface area contributed by atoms with E-state index in [2.05, 4.69) is 71.3 Å². The minimum atomic E-state index is 0.581.